The Kier molecular flexibility index (Phi) is 2.83. The highest BCUT2D eigenvalue weighted by atomic mass is 16.3. The first-order valence-corrected chi connectivity index (χ1v) is 7.67. The van der Waals surface area contributed by atoms with E-state index in [0.29, 0.717) is 0 Å². The minimum Gasteiger partial charge on any atom is -0.388 e. The van der Waals surface area contributed by atoms with E-state index in [-0.39, 0.29) is 16.9 Å². The Morgan fingerprint density at radius 2 is 1.58 bits per heavy atom. The summed E-state index contributed by atoms with van der Waals surface area (Å²) in [4.78, 5) is 0. The molecule has 0 saturated carbocycles. The molecule has 0 aromatic heterocycles. The number of aliphatic hydroxyl groups excluding tert-OH is 1. The summed E-state index contributed by atoms with van der Waals surface area (Å²) < 4.78 is 0. The monoisotopic (exact) mass is 258 g/mol. The van der Waals surface area contributed by atoms with Crippen molar-refractivity contribution >= 4 is 0 Å². The molecule has 19 heavy (non-hydrogen) atoms. The third kappa shape index (κ3) is 2.03. The molecule has 0 unspecified atom stereocenters. The van der Waals surface area contributed by atoms with Gasteiger partial charge < -0.3 is 5.11 Å². The van der Waals surface area contributed by atoms with Crippen LogP contribution in [0.4, 0.5) is 0 Å². The van der Waals surface area contributed by atoms with E-state index in [1.807, 2.05) is 0 Å². The lowest BCUT2D eigenvalue weighted by atomic mass is 9.62. The number of rotatable bonds is 0. The predicted octanol–water partition coefficient (Wildman–Crippen LogP) is 4.41. The second-order valence-electron chi connectivity index (χ2n) is 7.77. The molecule has 0 amide bonds. The standard InChI is InChI=1S/C18H26O/c1-17(2)8-9-18(3,4)15-11-13-12(10-14(15)17)6-5-7-16(13)19/h10-11,16,19H,5-9H2,1-4H3/t16-/m1/s1. The molecule has 0 radical (unpaired) electrons. The summed E-state index contributed by atoms with van der Waals surface area (Å²) in [6.07, 6.45) is 5.44. The fourth-order valence-electron chi connectivity index (χ4n) is 3.84. The van der Waals surface area contributed by atoms with E-state index in [0.717, 1.165) is 19.3 Å². The van der Waals surface area contributed by atoms with Gasteiger partial charge in [0.25, 0.3) is 0 Å². The van der Waals surface area contributed by atoms with Gasteiger partial charge in [-0.3, -0.25) is 0 Å². The van der Waals surface area contributed by atoms with Crippen LogP contribution in [0.25, 0.3) is 0 Å². The Labute approximate surface area is 117 Å². The third-order valence-electron chi connectivity index (χ3n) is 5.40. The normalized spacial score (nSPS) is 27.5. The summed E-state index contributed by atoms with van der Waals surface area (Å²) in [5.41, 5.74) is 6.12. The number of fused-ring (bicyclic) bond motifs is 2. The Morgan fingerprint density at radius 1 is 1.00 bits per heavy atom. The second kappa shape index (κ2) is 4.09. The van der Waals surface area contributed by atoms with Crippen molar-refractivity contribution in [3.63, 3.8) is 0 Å². The molecule has 0 saturated heterocycles. The van der Waals surface area contributed by atoms with Crippen LogP contribution in [0, 0.1) is 0 Å². The maximum Gasteiger partial charge on any atom is 0.0792 e. The van der Waals surface area contributed by atoms with Crippen molar-refractivity contribution in [3.8, 4) is 0 Å². The van der Waals surface area contributed by atoms with E-state index in [1.165, 1.54) is 35.1 Å². The lowest BCUT2D eigenvalue weighted by molar-refractivity contribution is 0.156. The molecule has 1 N–H and O–H groups in total. The van der Waals surface area contributed by atoms with Crippen molar-refractivity contribution < 1.29 is 5.11 Å². The molecular formula is C18H26O. The first-order chi connectivity index (χ1) is 8.81. The van der Waals surface area contributed by atoms with Crippen molar-refractivity contribution in [1.29, 1.82) is 0 Å². The van der Waals surface area contributed by atoms with E-state index in [9.17, 15) is 5.11 Å². The fourth-order valence-corrected chi connectivity index (χ4v) is 3.84. The van der Waals surface area contributed by atoms with Gasteiger partial charge in [0.15, 0.2) is 0 Å². The van der Waals surface area contributed by atoms with Crippen LogP contribution < -0.4 is 0 Å². The van der Waals surface area contributed by atoms with Gasteiger partial charge in [0.05, 0.1) is 6.10 Å². The molecule has 0 aliphatic heterocycles. The Hall–Kier alpha value is -0.820. The molecule has 0 spiro atoms. The molecule has 2 aliphatic carbocycles. The summed E-state index contributed by atoms with van der Waals surface area (Å²) in [5.74, 6) is 0. The van der Waals surface area contributed by atoms with E-state index in [2.05, 4.69) is 39.8 Å². The molecule has 0 fully saturated rings. The van der Waals surface area contributed by atoms with Crippen LogP contribution in [0.2, 0.25) is 0 Å². The van der Waals surface area contributed by atoms with E-state index < -0.39 is 0 Å². The van der Waals surface area contributed by atoms with Crippen LogP contribution in [-0.2, 0) is 17.3 Å². The highest BCUT2D eigenvalue weighted by Gasteiger charge is 2.38. The molecule has 0 heterocycles. The SMILES string of the molecule is CC1(C)CCC(C)(C)c2cc3c(cc21)CCC[C@H]3O. The maximum absolute atomic E-state index is 10.3. The van der Waals surface area contributed by atoms with E-state index in [1.54, 1.807) is 0 Å². The smallest absolute Gasteiger partial charge is 0.0792 e. The van der Waals surface area contributed by atoms with Crippen LogP contribution in [0.15, 0.2) is 12.1 Å². The zero-order chi connectivity index (χ0) is 13.8. The summed E-state index contributed by atoms with van der Waals surface area (Å²) in [5, 5.41) is 10.3. The average molecular weight is 258 g/mol. The summed E-state index contributed by atoms with van der Waals surface area (Å²) >= 11 is 0. The number of aryl methyl sites for hydroxylation is 1. The Morgan fingerprint density at radius 3 is 2.21 bits per heavy atom. The molecule has 1 aromatic carbocycles. The zero-order valence-corrected chi connectivity index (χ0v) is 12.7. The van der Waals surface area contributed by atoms with Crippen LogP contribution in [0.3, 0.4) is 0 Å². The number of benzene rings is 1. The van der Waals surface area contributed by atoms with Gasteiger partial charge in [-0.25, -0.2) is 0 Å². The lowest BCUT2D eigenvalue weighted by Gasteiger charge is -2.43. The molecule has 0 bridgehead atoms. The van der Waals surface area contributed by atoms with Gasteiger partial charge in [0.2, 0.25) is 0 Å². The fraction of sp³-hybridized carbons (Fsp3) is 0.667. The van der Waals surface area contributed by atoms with Crippen LogP contribution >= 0.6 is 0 Å². The minimum atomic E-state index is -0.241. The highest BCUT2D eigenvalue weighted by molar-refractivity contribution is 5.48. The van der Waals surface area contributed by atoms with Crippen LogP contribution in [-0.4, -0.2) is 5.11 Å². The summed E-state index contributed by atoms with van der Waals surface area (Å²) in [7, 11) is 0. The third-order valence-corrected chi connectivity index (χ3v) is 5.40. The number of hydrogen-bond acceptors (Lipinski definition) is 1. The molecule has 2 aliphatic rings. The van der Waals surface area contributed by atoms with Gasteiger partial charge in [-0.2, -0.15) is 0 Å². The van der Waals surface area contributed by atoms with Gasteiger partial charge >= 0.3 is 0 Å². The Bertz CT molecular complexity index is 511. The van der Waals surface area contributed by atoms with E-state index in [4.69, 9.17) is 0 Å². The zero-order valence-electron chi connectivity index (χ0n) is 12.7. The molecule has 1 atom stereocenters. The van der Waals surface area contributed by atoms with Gasteiger partial charge in [0.1, 0.15) is 0 Å². The number of aliphatic hydroxyl groups is 1. The molecular weight excluding hydrogens is 232 g/mol. The second-order valence-corrected chi connectivity index (χ2v) is 7.77. The first kappa shape index (κ1) is 13.2. The Balaban J connectivity index is 2.22. The van der Waals surface area contributed by atoms with E-state index >= 15 is 0 Å². The van der Waals surface area contributed by atoms with Crippen molar-refractivity contribution in [2.45, 2.75) is 76.7 Å². The summed E-state index contributed by atoms with van der Waals surface area (Å²) in [6.45, 7) is 9.44. The quantitative estimate of drug-likeness (QED) is 0.731. The average Bonchev–Trinajstić information content (AvgIpc) is 2.35. The van der Waals surface area contributed by atoms with Crippen molar-refractivity contribution in [2.24, 2.45) is 0 Å². The van der Waals surface area contributed by atoms with Crippen LogP contribution in [0.1, 0.15) is 81.7 Å². The molecule has 1 heteroatoms. The van der Waals surface area contributed by atoms with Crippen molar-refractivity contribution in [3.05, 3.63) is 34.4 Å². The van der Waals surface area contributed by atoms with Gasteiger partial charge in [-0.05, 0) is 65.2 Å². The molecule has 104 valence electrons. The van der Waals surface area contributed by atoms with Gasteiger partial charge in [0, 0.05) is 0 Å². The van der Waals surface area contributed by atoms with Crippen molar-refractivity contribution in [1.82, 2.24) is 0 Å². The first-order valence-electron chi connectivity index (χ1n) is 7.67. The lowest BCUT2D eigenvalue weighted by Crippen LogP contribution is -2.34. The largest absolute Gasteiger partial charge is 0.388 e. The summed E-state index contributed by atoms with van der Waals surface area (Å²) in [6, 6.07) is 4.74. The molecule has 3 rings (SSSR count). The van der Waals surface area contributed by atoms with Gasteiger partial charge in [-0.1, -0.05) is 39.8 Å². The van der Waals surface area contributed by atoms with Gasteiger partial charge in [-0.15, -0.1) is 0 Å². The topological polar surface area (TPSA) is 20.2 Å². The molecule has 1 aromatic rings. The van der Waals surface area contributed by atoms with Crippen LogP contribution in [0.5, 0.6) is 0 Å². The maximum atomic E-state index is 10.3. The number of hydrogen-bond donors (Lipinski definition) is 1. The van der Waals surface area contributed by atoms with Crippen molar-refractivity contribution in [2.75, 3.05) is 0 Å². The predicted molar refractivity (Wildman–Crippen MR) is 79.6 cm³/mol. The minimum absolute atomic E-state index is 0.241. The molecule has 1 nitrogen and oxygen atoms in total. The highest BCUT2D eigenvalue weighted by Crippen LogP contribution is 2.48.